The maximum atomic E-state index is 14.4. The number of hydrazine groups is 1. The number of carbonyl (C=O) groups is 4. The van der Waals surface area contributed by atoms with Crippen molar-refractivity contribution in [3.8, 4) is 0 Å². The molecular formula is C35H26Cl2N2O4. The van der Waals surface area contributed by atoms with E-state index in [0.717, 1.165) is 43.4 Å². The molecule has 8 heteroatoms. The van der Waals surface area contributed by atoms with Crippen molar-refractivity contribution in [1.82, 2.24) is 10.0 Å². The Morgan fingerprint density at radius 1 is 0.721 bits per heavy atom. The molecule has 2 atom stereocenters. The van der Waals surface area contributed by atoms with Gasteiger partial charge in [0.2, 0.25) is 0 Å². The van der Waals surface area contributed by atoms with E-state index in [4.69, 9.17) is 23.2 Å². The van der Waals surface area contributed by atoms with E-state index in [1.165, 1.54) is 18.2 Å². The molecule has 1 aliphatic heterocycles. The van der Waals surface area contributed by atoms with Crippen LogP contribution in [0, 0.1) is 25.7 Å². The van der Waals surface area contributed by atoms with E-state index in [1.807, 2.05) is 68.4 Å². The predicted octanol–water partition coefficient (Wildman–Crippen LogP) is 6.74. The number of Topliss-reactive ketones (excluding diaryl/α,β-unsaturated/α-hetero) is 1. The Labute approximate surface area is 258 Å². The van der Waals surface area contributed by atoms with Crippen molar-refractivity contribution in [2.24, 2.45) is 11.8 Å². The second kappa shape index (κ2) is 10.2. The highest BCUT2D eigenvalue weighted by atomic mass is 35.5. The van der Waals surface area contributed by atoms with Crippen LogP contribution in [0.5, 0.6) is 0 Å². The fraction of sp³-hybridized carbons (Fsp3) is 0.200. The summed E-state index contributed by atoms with van der Waals surface area (Å²) in [5.74, 6) is -4.27. The molecule has 214 valence electrons. The molecule has 8 rings (SSSR count). The summed E-state index contributed by atoms with van der Waals surface area (Å²) in [6.07, 6.45) is 0. The Hall–Kier alpha value is -4.26. The maximum Gasteiger partial charge on any atom is 0.274 e. The van der Waals surface area contributed by atoms with Crippen LogP contribution in [-0.2, 0) is 9.59 Å². The van der Waals surface area contributed by atoms with Crippen LogP contribution in [-0.4, -0.2) is 40.1 Å². The van der Waals surface area contributed by atoms with Gasteiger partial charge in [0.25, 0.3) is 17.7 Å². The number of imide groups is 1. The number of nitrogens with zero attached hydrogens (tertiary/aromatic N) is 2. The van der Waals surface area contributed by atoms with Gasteiger partial charge in [-0.25, -0.2) is 5.01 Å². The van der Waals surface area contributed by atoms with E-state index in [-0.39, 0.29) is 22.4 Å². The summed E-state index contributed by atoms with van der Waals surface area (Å²) in [6.45, 7) is 3.31. The minimum Gasteiger partial charge on any atom is -0.292 e. The van der Waals surface area contributed by atoms with Gasteiger partial charge in [-0.2, -0.15) is 5.01 Å². The highest BCUT2D eigenvalue weighted by molar-refractivity contribution is 6.36. The number of aryl methyl sites for hydroxylation is 2. The Morgan fingerprint density at radius 2 is 1.26 bits per heavy atom. The van der Waals surface area contributed by atoms with Crippen molar-refractivity contribution >= 4 is 46.7 Å². The lowest BCUT2D eigenvalue weighted by Crippen LogP contribution is -2.52. The third-order valence-electron chi connectivity index (χ3n) is 9.18. The van der Waals surface area contributed by atoms with Crippen LogP contribution in [0.3, 0.4) is 0 Å². The number of benzene rings is 4. The SMILES string of the molecule is Cc1ccc(C(=O)CN(C(=O)c2ccc(Cl)cc2Cl)N2C(=O)[C@H]3C4c5ccccc5C(c5ccccc54)[C@@H]3C2=O)cc1C. The quantitative estimate of drug-likeness (QED) is 0.186. The fourth-order valence-electron chi connectivity index (χ4n) is 7.08. The molecule has 0 spiro atoms. The molecule has 4 aromatic carbocycles. The minimum atomic E-state index is -0.735. The predicted molar refractivity (Wildman–Crippen MR) is 163 cm³/mol. The smallest absolute Gasteiger partial charge is 0.274 e. The highest BCUT2D eigenvalue weighted by Gasteiger charge is 2.63. The van der Waals surface area contributed by atoms with Crippen LogP contribution in [0.4, 0.5) is 0 Å². The lowest BCUT2D eigenvalue weighted by Gasteiger charge is -2.45. The Morgan fingerprint density at radius 3 is 1.74 bits per heavy atom. The van der Waals surface area contributed by atoms with E-state index in [9.17, 15) is 19.2 Å². The normalized spacial score (nSPS) is 21.3. The van der Waals surface area contributed by atoms with E-state index in [0.29, 0.717) is 10.6 Å². The van der Waals surface area contributed by atoms with Gasteiger partial charge in [0.05, 0.1) is 22.4 Å². The molecule has 43 heavy (non-hydrogen) atoms. The molecule has 0 N–H and O–H groups in total. The average molecular weight is 610 g/mol. The molecule has 4 aromatic rings. The molecule has 0 saturated carbocycles. The van der Waals surface area contributed by atoms with Crippen LogP contribution in [0.25, 0.3) is 0 Å². The maximum absolute atomic E-state index is 14.4. The molecule has 0 radical (unpaired) electrons. The molecule has 4 aliphatic rings. The van der Waals surface area contributed by atoms with Crippen LogP contribution < -0.4 is 0 Å². The summed E-state index contributed by atoms with van der Waals surface area (Å²) in [5, 5.41) is 2.27. The first-order valence-electron chi connectivity index (χ1n) is 14.1. The number of halogens is 2. The van der Waals surface area contributed by atoms with E-state index >= 15 is 0 Å². The summed E-state index contributed by atoms with van der Waals surface area (Å²) in [6, 6.07) is 25.4. The third kappa shape index (κ3) is 4.15. The first-order chi connectivity index (χ1) is 20.7. The summed E-state index contributed by atoms with van der Waals surface area (Å²) < 4.78 is 0. The van der Waals surface area contributed by atoms with Crippen LogP contribution in [0.2, 0.25) is 10.0 Å². The first-order valence-corrected chi connectivity index (χ1v) is 14.9. The summed E-state index contributed by atoms with van der Waals surface area (Å²) in [4.78, 5) is 56.7. The van der Waals surface area contributed by atoms with Crippen LogP contribution >= 0.6 is 23.2 Å². The molecule has 0 unspecified atom stereocenters. The van der Waals surface area contributed by atoms with E-state index in [2.05, 4.69) is 0 Å². The number of ketones is 1. The number of carbonyl (C=O) groups excluding carboxylic acids is 4. The molecule has 1 heterocycles. The van der Waals surface area contributed by atoms with Crippen LogP contribution in [0.15, 0.2) is 84.9 Å². The van der Waals surface area contributed by atoms with Gasteiger partial charge in [-0.1, -0.05) is 83.9 Å². The topological polar surface area (TPSA) is 74.8 Å². The molecule has 6 nitrogen and oxygen atoms in total. The van der Waals surface area contributed by atoms with E-state index < -0.39 is 41.9 Å². The van der Waals surface area contributed by atoms with Gasteiger partial charge >= 0.3 is 0 Å². The monoisotopic (exact) mass is 608 g/mol. The van der Waals surface area contributed by atoms with Crippen molar-refractivity contribution in [1.29, 1.82) is 0 Å². The molecule has 1 saturated heterocycles. The number of rotatable bonds is 5. The largest absolute Gasteiger partial charge is 0.292 e. The Kier molecular flexibility index (Phi) is 6.53. The lowest BCUT2D eigenvalue weighted by atomic mass is 9.55. The summed E-state index contributed by atoms with van der Waals surface area (Å²) >= 11 is 12.5. The van der Waals surface area contributed by atoms with Gasteiger partial charge in [0.1, 0.15) is 6.54 Å². The molecular weight excluding hydrogens is 583 g/mol. The molecule has 3 aliphatic carbocycles. The lowest BCUT2D eigenvalue weighted by molar-refractivity contribution is -0.154. The number of hydrogen-bond donors (Lipinski definition) is 0. The molecule has 1 fully saturated rings. The summed E-state index contributed by atoms with van der Waals surface area (Å²) in [7, 11) is 0. The van der Waals surface area contributed by atoms with Gasteiger partial charge in [-0.15, -0.1) is 0 Å². The first kappa shape index (κ1) is 27.6. The van der Waals surface area contributed by atoms with Crippen molar-refractivity contribution in [3.05, 3.63) is 139 Å². The Bertz CT molecular complexity index is 1770. The molecule has 2 bridgehead atoms. The number of hydrogen-bond acceptors (Lipinski definition) is 4. The third-order valence-corrected chi connectivity index (χ3v) is 9.73. The number of amides is 3. The van der Waals surface area contributed by atoms with Crippen LogP contribution in [0.1, 0.15) is 65.9 Å². The van der Waals surface area contributed by atoms with Gasteiger partial charge < -0.3 is 0 Å². The standard InChI is InChI=1S/C35H26Cl2N2O4/c1-18-11-12-20(15-19(18)2)28(40)17-38(33(41)26-14-13-21(36)16-27(26)37)39-34(42)31-29-22-7-3-4-8-23(22)30(32(31)35(39)43)25-10-6-5-9-24(25)29/h3-16,29-32H,17H2,1-2H3/t29?,30?,31-,32-/m0/s1. The van der Waals surface area contributed by atoms with Gasteiger partial charge in [-0.3, -0.25) is 19.2 Å². The fourth-order valence-corrected chi connectivity index (χ4v) is 7.57. The zero-order valence-corrected chi connectivity index (χ0v) is 24.9. The second-order valence-electron chi connectivity index (χ2n) is 11.5. The molecule has 0 aromatic heterocycles. The summed E-state index contributed by atoms with van der Waals surface area (Å²) in [5.41, 5.74) is 6.39. The zero-order chi connectivity index (χ0) is 30.2. The second-order valence-corrected chi connectivity index (χ2v) is 12.3. The zero-order valence-electron chi connectivity index (χ0n) is 23.4. The van der Waals surface area contributed by atoms with E-state index in [1.54, 1.807) is 12.1 Å². The minimum absolute atomic E-state index is 0.0315. The van der Waals surface area contributed by atoms with Crippen molar-refractivity contribution < 1.29 is 19.2 Å². The van der Waals surface area contributed by atoms with Gasteiger partial charge in [0.15, 0.2) is 5.78 Å². The van der Waals surface area contributed by atoms with Gasteiger partial charge in [0, 0.05) is 22.4 Å². The van der Waals surface area contributed by atoms with Crippen molar-refractivity contribution in [2.75, 3.05) is 6.54 Å². The van der Waals surface area contributed by atoms with Gasteiger partial charge in [-0.05, 0) is 71.5 Å². The Balaban J connectivity index is 1.34. The van der Waals surface area contributed by atoms with Crippen molar-refractivity contribution in [2.45, 2.75) is 25.7 Å². The highest BCUT2D eigenvalue weighted by Crippen LogP contribution is 2.61. The molecule has 3 amide bonds. The van der Waals surface area contributed by atoms with Crippen molar-refractivity contribution in [3.63, 3.8) is 0 Å². The average Bonchev–Trinajstić information content (AvgIpc) is 3.26.